The summed E-state index contributed by atoms with van der Waals surface area (Å²) in [6, 6.07) is 12.3. The molecule has 0 aliphatic heterocycles. The van der Waals surface area contributed by atoms with Crippen LogP contribution in [0.25, 0.3) is 22.0 Å². The van der Waals surface area contributed by atoms with Crippen molar-refractivity contribution in [1.82, 2.24) is 9.29 Å². The highest BCUT2D eigenvalue weighted by atomic mass is 32.2. The molecule has 0 atom stereocenters. The minimum Gasteiger partial charge on any atom is -0.347 e. The molecule has 4 rings (SSSR count). The second-order valence-electron chi connectivity index (χ2n) is 9.77. The van der Waals surface area contributed by atoms with Gasteiger partial charge in [0.05, 0.1) is 16.9 Å². The molecule has 5 nitrogen and oxygen atoms in total. The van der Waals surface area contributed by atoms with E-state index in [1.54, 1.807) is 30.3 Å². The van der Waals surface area contributed by atoms with E-state index in [-0.39, 0.29) is 17.2 Å². The van der Waals surface area contributed by atoms with E-state index in [0.29, 0.717) is 41.5 Å². The molecule has 168 valence electrons. The average Bonchev–Trinajstić information content (AvgIpc) is 2.99. The highest BCUT2D eigenvalue weighted by molar-refractivity contribution is 7.90. The number of nitrogens with one attached hydrogen (secondary N) is 1. The van der Waals surface area contributed by atoms with Crippen molar-refractivity contribution in [3.63, 3.8) is 0 Å². The molecule has 1 aliphatic carbocycles. The maximum Gasteiger partial charge on any atom is 0.214 e. The van der Waals surface area contributed by atoms with Crippen molar-refractivity contribution < 1.29 is 12.8 Å². The maximum atomic E-state index is 15.3. The lowest BCUT2D eigenvalue weighted by atomic mass is 9.96. The molecule has 1 fully saturated rings. The Kier molecular flexibility index (Phi) is 5.87. The number of sulfonamides is 1. The Labute approximate surface area is 188 Å². The maximum absolute atomic E-state index is 15.3. The molecule has 2 aromatic carbocycles. The van der Waals surface area contributed by atoms with Crippen LogP contribution in [0.15, 0.2) is 42.6 Å². The highest BCUT2D eigenvalue weighted by Gasteiger charge is 2.31. The van der Waals surface area contributed by atoms with Crippen molar-refractivity contribution in [3.8, 4) is 17.2 Å². The summed E-state index contributed by atoms with van der Waals surface area (Å²) >= 11 is 0. The van der Waals surface area contributed by atoms with Gasteiger partial charge in [0.1, 0.15) is 5.82 Å². The molecule has 1 aliphatic rings. The molecular formula is C25H28FN3O2S. The normalized spacial score (nSPS) is 15.0. The molecule has 1 aromatic heterocycles. The summed E-state index contributed by atoms with van der Waals surface area (Å²) in [6.07, 6.45) is 4.24. The van der Waals surface area contributed by atoms with Crippen LogP contribution >= 0.6 is 0 Å². The summed E-state index contributed by atoms with van der Waals surface area (Å²) in [5.41, 5.74) is 2.85. The number of rotatable bonds is 6. The van der Waals surface area contributed by atoms with Crippen LogP contribution in [0.4, 0.5) is 4.39 Å². The lowest BCUT2D eigenvalue weighted by Crippen LogP contribution is -2.38. The van der Waals surface area contributed by atoms with Gasteiger partial charge in [-0.05, 0) is 42.0 Å². The minimum absolute atomic E-state index is 0.0340. The lowest BCUT2D eigenvalue weighted by molar-refractivity contribution is 0.349. The Hall–Kier alpha value is -2.69. The number of nitriles is 1. The van der Waals surface area contributed by atoms with Gasteiger partial charge in [0, 0.05) is 41.3 Å². The van der Waals surface area contributed by atoms with E-state index in [0.717, 1.165) is 17.5 Å². The number of hydrogen-bond donors (Lipinski definition) is 1. The van der Waals surface area contributed by atoms with Gasteiger partial charge in [-0.1, -0.05) is 45.4 Å². The highest BCUT2D eigenvalue weighted by Crippen LogP contribution is 2.34. The van der Waals surface area contributed by atoms with Gasteiger partial charge in [-0.3, -0.25) is 0 Å². The topological polar surface area (TPSA) is 74.9 Å². The molecule has 0 radical (unpaired) electrons. The van der Waals surface area contributed by atoms with E-state index >= 15 is 4.39 Å². The quantitative estimate of drug-likeness (QED) is 0.548. The Balaban J connectivity index is 1.80. The van der Waals surface area contributed by atoms with E-state index in [1.807, 2.05) is 6.20 Å². The van der Waals surface area contributed by atoms with E-state index in [4.69, 9.17) is 0 Å². The van der Waals surface area contributed by atoms with Crippen LogP contribution in [-0.4, -0.2) is 18.2 Å². The third kappa shape index (κ3) is 4.43. The van der Waals surface area contributed by atoms with Crippen LogP contribution in [0.3, 0.4) is 0 Å². The summed E-state index contributed by atoms with van der Waals surface area (Å²) in [4.78, 5) is 0. The number of halogens is 1. The summed E-state index contributed by atoms with van der Waals surface area (Å²) in [6.45, 7) is 7.16. The number of fused-ring (bicyclic) bond motifs is 1. The fraction of sp³-hybridized carbons (Fsp3) is 0.400. The third-order valence-corrected chi connectivity index (χ3v) is 7.89. The number of aromatic nitrogens is 1. The zero-order valence-corrected chi connectivity index (χ0v) is 19.5. The van der Waals surface area contributed by atoms with Crippen LogP contribution in [0, 0.1) is 22.6 Å². The van der Waals surface area contributed by atoms with Crippen molar-refractivity contribution in [3.05, 3.63) is 59.5 Å². The molecule has 0 unspecified atom stereocenters. The SMILES string of the molecule is CC(C)(C)Cn1cc(CNS(=O)(=O)C2CCC2)c2cc(F)c(-c3ccccc3C#N)cc21. The van der Waals surface area contributed by atoms with Crippen molar-refractivity contribution in [2.75, 3.05) is 0 Å². The molecule has 1 N–H and O–H groups in total. The standard InChI is InChI=1S/C25H28FN3O2S/c1-25(2,3)16-29-15-18(14-28-32(30,31)19-8-6-9-19)21-11-23(26)22(12-24(21)29)20-10-5-4-7-17(20)13-27/h4-5,7,10-12,15,19,28H,6,8-9,14,16H2,1-3H3. The molecule has 1 heterocycles. The van der Waals surface area contributed by atoms with Crippen molar-refractivity contribution in [1.29, 1.82) is 5.26 Å². The first-order chi connectivity index (χ1) is 15.1. The molecule has 0 amide bonds. The zero-order valence-electron chi connectivity index (χ0n) is 18.7. The minimum atomic E-state index is -3.38. The Morgan fingerprint density at radius 3 is 2.53 bits per heavy atom. The van der Waals surface area contributed by atoms with Crippen LogP contribution in [0.5, 0.6) is 0 Å². The van der Waals surface area contributed by atoms with Gasteiger partial charge >= 0.3 is 0 Å². The van der Waals surface area contributed by atoms with Crippen LogP contribution in [0.1, 0.15) is 51.2 Å². The predicted molar refractivity (Wildman–Crippen MR) is 125 cm³/mol. The molecule has 7 heteroatoms. The first-order valence-electron chi connectivity index (χ1n) is 10.9. The number of benzene rings is 2. The van der Waals surface area contributed by atoms with Gasteiger partial charge < -0.3 is 4.57 Å². The molecule has 0 saturated heterocycles. The van der Waals surface area contributed by atoms with E-state index in [1.165, 1.54) is 6.07 Å². The molecule has 3 aromatic rings. The zero-order chi connectivity index (χ0) is 23.1. The monoisotopic (exact) mass is 453 g/mol. The predicted octanol–water partition coefficient (Wildman–Crippen LogP) is 5.34. The lowest BCUT2D eigenvalue weighted by Gasteiger charge is -2.25. The van der Waals surface area contributed by atoms with Gasteiger partial charge in [0.2, 0.25) is 10.0 Å². The fourth-order valence-corrected chi connectivity index (χ4v) is 5.71. The summed E-state index contributed by atoms with van der Waals surface area (Å²) in [7, 11) is -3.38. The van der Waals surface area contributed by atoms with Crippen LogP contribution in [-0.2, 0) is 23.1 Å². The Morgan fingerprint density at radius 2 is 1.91 bits per heavy atom. The molecule has 1 saturated carbocycles. The molecule has 0 spiro atoms. The Morgan fingerprint density at radius 1 is 1.19 bits per heavy atom. The second kappa shape index (κ2) is 8.34. The van der Waals surface area contributed by atoms with Crippen molar-refractivity contribution in [2.45, 2.75) is 58.4 Å². The summed E-state index contributed by atoms with van der Waals surface area (Å²) < 4.78 is 45.1. The first kappa shape index (κ1) is 22.5. The van der Waals surface area contributed by atoms with E-state index < -0.39 is 15.8 Å². The smallest absolute Gasteiger partial charge is 0.214 e. The van der Waals surface area contributed by atoms with E-state index in [9.17, 15) is 13.7 Å². The van der Waals surface area contributed by atoms with Crippen LogP contribution in [0.2, 0.25) is 0 Å². The third-order valence-electron chi connectivity index (χ3n) is 5.99. The van der Waals surface area contributed by atoms with Crippen LogP contribution < -0.4 is 4.72 Å². The molecular weight excluding hydrogens is 425 g/mol. The van der Waals surface area contributed by atoms with Gasteiger partial charge in [-0.25, -0.2) is 17.5 Å². The number of nitrogens with zero attached hydrogens (tertiary/aromatic N) is 2. The molecule has 0 bridgehead atoms. The van der Waals surface area contributed by atoms with Gasteiger partial charge in [-0.2, -0.15) is 5.26 Å². The molecule has 32 heavy (non-hydrogen) atoms. The van der Waals surface area contributed by atoms with Crippen molar-refractivity contribution >= 4 is 20.9 Å². The first-order valence-corrected chi connectivity index (χ1v) is 12.4. The fourth-order valence-electron chi connectivity index (χ4n) is 4.17. The summed E-state index contributed by atoms with van der Waals surface area (Å²) in [5.74, 6) is -0.434. The van der Waals surface area contributed by atoms with Gasteiger partial charge in [0.25, 0.3) is 0 Å². The largest absolute Gasteiger partial charge is 0.347 e. The summed E-state index contributed by atoms with van der Waals surface area (Å²) in [5, 5.41) is 9.83. The van der Waals surface area contributed by atoms with Gasteiger partial charge in [-0.15, -0.1) is 0 Å². The van der Waals surface area contributed by atoms with Crippen molar-refractivity contribution in [2.24, 2.45) is 5.41 Å². The van der Waals surface area contributed by atoms with Gasteiger partial charge in [0.15, 0.2) is 0 Å². The average molecular weight is 454 g/mol. The second-order valence-corrected chi connectivity index (χ2v) is 11.8. The Bertz CT molecular complexity index is 1310. The number of hydrogen-bond acceptors (Lipinski definition) is 3. The van der Waals surface area contributed by atoms with E-state index in [2.05, 4.69) is 36.1 Å².